The largest absolute Gasteiger partial charge is 0.352 e. The highest BCUT2D eigenvalue weighted by Crippen LogP contribution is 2.08. The predicted octanol–water partition coefficient (Wildman–Crippen LogP) is 1.47. The van der Waals surface area contributed by atoms with E-state index in [1.165, 1.54) is 11.3 Å². The lowest BCUT2D eigenvalue weighted by Crippen LogP contribution is -2.36. The molecule has 0 spiro atoms. The van der Waals surface area contributed by atoms with Crippen molar-refractivity contribution in [1.82, 2.24) is 10.3 Å². The molecule has 1 rings (SSSR count). The summed E-state index contributed by atoms with van der Waals surface area (Å²) < 4.78 is 0. The minimum atomic E-state index is 0.00884. The summed E-state index contributed by atoms with van der Waals surface area (Å²) in [5.74, 6) is 0.00884. The van der Waals surface area contributed by atoms with Crippen molar-refractivity contribution in [2.24, 2.45) is 0 Å². The van der Waals surface area contributed by atoms with Crippen molar-refractivity contribution in [2.45, 2.75) is 26.3 Å². The molecule has 0 aliphatic carbocycles. The van der Waals surface area contributed by atoms with Crippen LogP contribution in [-0.2, 0) is 4.79 Å². The summed E-state index contributed by atoms with van der Waals surface area (Å²) in [7, 11) is 0. The molecule has 1 atom stereocenters. The van der Waals surface area contributed by atoms with Gasteiger partial charge in [0.15, 0.2) is 5.13 Å². The average molecular weight is 213 g/mol. The molecule has 14 heavy (non-hydrogen) atoms. The maximum Gasteiger partial charge on any atom is 0.239 e. The van der Waals surface area contributed by atoms with Gasteiger partial charge in [-0.3, -0.25) is 4.79 Å². The van der Waals surface area contributed by atoms with Crippen LogP contribution in [0, 0.1) is 0 Å². The first-order chi connectivity index (χ1) is 6.72. The number of hydrogen-bond donors (Lipinski definition) is 2. The monoisotopic (exact) mass is 213 g/mol. The molecule has 5 heteroatoms. The highest BCUT2D eigenvalue weighted by atomic mass is 32.1. The average Bonchev–Trinajstić information content (AvgIpc) is 2.67. The van der Waals surface area contributed by atoms with Crippen LogP contribution in [0.1, 0.15) is 20.3 Å². The molecule has 1 aromatic heterocycles. The zero-order valence-electron chi connectivity index (χ0n) is 8.41. The minimum Gasteiger partial charge on any atom is -0.352 e. The van der Waals surface area contributed by atoms with E-state index in [-0.39, 0.29) is 18.5 Å². The minimum absolute atomic E-state index is 0.00884. The van der Waals surface area contributed by atoms with Crippen LogP contribution in [0.25, 0.3) is 0 Å². The van der Waals surface area contributed by atoms with Crippen LogP contribution in [0.15, 0.2) is 11.6 Å². The number of rotatable bonds is 5. The van der Waals surface area contributed by atoms with Crippen LogP contribution in [0.4, 0.5) is 5.13 Å². The van der Waals surface area contributed by atoms with E-state index in [1.807, 2.05) is 19.2 Å². The number of thiazole rings is 1. The van der Waals surface area contributed by atoms with Gasteiger partial charge in [0.05, 0.1) is 6.54 Å². The quantitative estimate of drug-likeness (QED) is 0.778. The summed E-state index contributed by atoms with van der Waals surface area (Å²) in [5.41, 5.74) is 0. The van der Waals surface area contributed by atoms with E-state index >= 15 is 0 Å². The van der Waals surface area contributed by atoms with E-state index in [0.717, 1.165) is 11.6 Å². The molecule has 0 bridgehead atoms. The smallest absolute Gasteiger partial charge is 0.239 e. The first kappa shape index (κ1) is 11.0. The number of amides is 1. The fourth-order valence-electron chi connectivity index (χ4n) is 0.895. The molecule has 4 nitrogen and oxygen atoms in total. The summed E-state index contributed by atoms with van der Waals surface area (Å²) >= 11 is 1.49. The Morgan fingerprint density at radius 3 is 3.07 bits per heavy atom. The first-order valence-electron chi connectivity index (χ1n) is 4.65. The highest BCUT2D eigenvalue weighted by Gasteiger charge is 2.05. The fraction of sp³-hybridized carbons (Fsp3) is 0.556. The first-order valence-corrected chi connectivity index (χ1v) is 5.53. The highest BCUT2D eigenvalue weighted by molar-refractivity contribution is 7.13. The van der Waals surface area contributed by atoms with E-state index in [0.29, 0.717) is 0 Å². The van der Waals surface area contributed by atoms with Crippen molar-refractivity contribution in [1.29, 1.82) is 0 Å². The van der Waals surface area contributed by atoms with Crippen LogP contribution in [0.5, 0.6) is 0 Å². The van der Waals surface area contributed by atoms with Gasteiger partial charge < -0.3 is 10.6 Å². The van der Waals surface area contributed by atoms with Gasteiger partial charge in [-0.05, 0) is 13.3 Å². The molecular weight excluding hydrogens is 198 g/mol. The van der Waals surface area contributed by atoms with Crippen molar-refractivity contribution >= 4 is 22.4 Å². The lowest BCUT2D eigenvalue weighted by atomic mass is 10.2. The second kappa shape index (κ2) is 5.59. The summed E-state index contributed by atoms with van der Waals surface area (Å²) in [5, 5.41) is 8.47. The van der Waals surface area contributed by atoms with Crippen LogP contribution in [0.2, 0.25) is 0 Å². The molecule has 0 aliphatic rings. The Morgan fingerprint density at radius 2 is 2.50 bits per heavy atom. The lowest BCUT2D eigenvalue weighted by Gasteiger charge is -2.11. The van der Waals surface area contributed by atoms with Gasteiger partial charge in [-0.2, -0.15) is 0 Å². The lowest BCUT2D eigenvalue weighted by molar-refractivity contribution is -0.120. The molecule has 0 aliphatic heterocycles. The van der Waals surface area contributed by atoms with Crippen LogP contribution >= 0.6 is 11.3 Å². The number of nitrogens with zero attached hydrogens (tertiary/aromatic N) is 1. The maximum absolute atomic E-state index is 11.3. The van der Waals surface area contributed by atoms with Crippen molar-refractivity contribution in [2.75, 3.05) is 11.9 Å². The molecule has 1 aromatic rings. The second-order valence-electron chi connectivity index (χ2n) is 3.07. The van der Waals surface area contributed by atoms with Crippen molar-refractivity contribution in [3.63, 3.8) is 0 Å². The van der Waals surface area contributed by atoms with Gasteiger partial charge in [0.1, 0.15) is 0 Å². The van der Waals surface area contributed by atoms with Crippen molar-refractivity contribution in [3.05, 3.63) is 11.6 Å². The number of anilines is 1. The van der Waals surface area contributed by atoms with Gasteiger partial charge >= 0.3 is 0 Å². The van der Waals surface area contributed by atoms with Gasteiger partial charge in [-0.25, -0.2) is 4.98 Å². The van der Waals surface area contributed by atoms with Gasteiger partial charge in [0, 0.05) is 17.6 Å². The Hall–Kier alpha value is -1.10. The van der Waals surface area contributed by atoms with Gasteiger partial charge in [-0.1, -0.05) is 6.92 Å². The third-order valence-corrected chi connectivity index (χ3v) is 2.58. The Morgan fingerprint density at radius 1 is 1.71 bits per heavy atom. The molecular formula is C9H15N3OS. The molecule has 78 valence electrons. The Balaban J connectivity index is 2.22. The Labute approximate surface area is 87.7 Å². The normalized spacial score (nSPS) is 12.1. The van der Waals surface area contributed by atoms with Gasteiger partial charge in [0.25, 0.3) is 0 Å². The van der Waals surface area contributed by atoms with E-state index in [2.05, 4.69) is 15.6 Å². The topological polar surface area (TPSA) is 54.0 Å². The predicted molar refractivity (Wildman–Crippen MR) is 58.5 cm³/mol. The number of carbonyl (C=O) groups is 1. The molecule has 1 amide bonds. The van der Waals surface area contributed by atoms with Gasteiger partial charge in [-0.15, -0.1) is 11.3 Å². The molecule has 0 aromatic carbocycles. The molecule has 2 N–H and O–H groups in total. The fourth-order valence-corrected chi connectivity index (χ4v) is 1.42. The SMILES string of the molecule is CCC(C)NC(=O)CNc1nccs1. The Bertz CT molecular complexity index is 274. The van der Waals surface area contributed by atoms with Gasteiger partial charge in [0.2, 0.25) is 5.91 Å². The second-order valence-corrected chi connectivity index (χ2v) is 3.96. The third kappa shape index (κ3) is 3.74. The maximum atomic E-state index is 11.3. The number of hydrogen-bond acceptors (Lipinski definition) is 4. The third-order valence-electron chi connectivity index (χ3n) is 1.85. The summed E-state index contributed by atoms with van der Waals surface area (Å²) in [6, 6.07) is 0.237. The summed E-state index contributed by atoms with van der Waals surface area (Å²) in [6.07, 6.45) is 2.66. The molecule has 1 unspecified atom stereocenters. The standard InChI is InChI=1S/C9H15N3OS/c1-3-7(2)12-8(13)6-11-9-10-4-5-14-9/h4-5,7H,3,6H2,1-2H3,(H,10,11)(H,12,13). The van der Waals surface area contributed by atoms with E-state index in [1.54, 1.807) is 6.20 Å². The molecule has 0 saturated carbocycles. The van der Waals surface area contributed by atoms with Crippen molar-refractivity contribution < 1.29 is 4.79 Å². The summed E-state index contributed by atoms with van der Waals surface area (Å²) in [6.45, 7) is 4.32. The number of nitrogens with one attached hydrogen (secondary N) is 2. The van der Waals surface area contributed by atoms with E-state index < -0.39 is 0 Å². The zero-order chi connectivity index (χ0) is 10.4. The van der Waals surface area contributed by atoms with Crippen LogP contribution < -0.4 is 10.6 Å². The molecule has 0 saturated heterocycles. The molecule has 1 heterocycles. The molecule has 0 radical (unpaired) electrons. The van der Waals surface area contributed by atoms with Crippen LogP contribution in [0.3, 0.4) is 0 Å². The number of aromatic nitrogens is 1. The van der Waals surface area contributed by atoms with E-state index in [9.17, 15) is 4.79 Å². The van der Waals surface area contributed by atoms with Crippen molar-refractivity contribution in [3.8, 4) is 0 Å². The summed E-state index contributed by atoms with van der Waals surface area (Å²) in [4.78, 5) is 15.3. The zero-order valence-corrected chi connectivity index (χ0v) is 9.23. The number of carbonyl (C=O) groups excluding carboxylic acids is 1. The molecule has 0 fully saturated rings. The van der Waals surface area contributed by atoms with E-state index in [4.69, 9.17) is 0 Å². The van der Waals surface area contributed by atoms with Crippen LogP contribution in [-0.4, -0.2) is 23.5 Å². The Kier molecular flexibility index (Phi) is 4.39.